The highest BCUT2D eigenvalue weighted by atomic mass is 32.2. The lowest BCUT2D eigenvalue weighted by atomic mass is 10.1. The SMILES string of the molecule is CCCC1CN(CC2CCCS2)CCCN1. The minimum atomic E-state index is 0.749. The lowest BCUT2D eigenvalue weighted by Gasteiger charge is -2.26. The van der Waals surface area contributed by atoms with Crippen LogP contribution in [0.4, 0.5) is 0 Å². The van der Waals surface area contributed by atoms with E-state index < -0.39 is 0 Å². The number of thioether (sulfide) groups is 1. The highest BCUT2D eigenvalue weighted by molar-refractivity contribution is 8.00. The van der Waals surface area contributed by atoms with Crippen LogP contribution in [0.2, 0.25) is 0 Å². The normalized spacial score (nSPS) is 32.8. The average molecular weight is 242 g/mol. The number of rotatable bonds is 4. The molecule has 2 rings (SSSR count). The van der Waals surface area contributed by atoms with Crippen LogP contribution in [-0.4, -0.2) is 48.1 Å². The van der Waals surface area contributed by atoms with E-state index >= 15 is 0 Å². The van der Waals surface area contributed by atoms with Crippen LogP contribution in [0.1, 0.15) is 39.0 Å². The molecule has 2 unspecified atom stereocenters. The summed E-state index contributed by atoms with van der Waals surface area (Å²) in [5.41, 5.74) is 0. The summed E-state index contributed by atoms with van der Waals surface area (Å²) in [6.07, 6.45) is 6.88. The molecule has 0 aromatic heterocycles. The fourth-order valence-corrected chi connectivity index (χ4v) is 4.18. The summed E-state index contributed by atoms with van der Waals surface area (Å²) < 4.78 is 0. The van der Waals surface area contributed by atoms with Crippen molar-refractivity contribution in [2.45, 2.75) is 50.3 Å². The Morgan fingerprint density at radius 1 is 1.38 bits per heavy atom. The zero-order valence-electron chi connectivity index (χ0n) is 10.6. The van der Waals surface area contributed by atoms with Gasteiger partial charge in [-0.05, 0) is 44.5 Å². The van der Waals surface area contributed by atoms with E-state index in [4.69, 9.17) is 0 Å². The molecule has 2 aliphatic heterocycles. The second kappa shape index (κ2) is 6.87. The largest absolute Gasteiger partial charge is 0.313 e. The van der Waals surface area contributed by atoms with Crippen molar-refractivity contribution < 1.29 is 0 Å². The van der Waals surface area contributed by atoms with Gasteiger partial charge >= 0.3 is 0 Å². The van der Waals surface area contributed by atoms with Crippen LogP contribution in [0, 0.1) is 0 Å². The van der Waals surface area contributed by atoms with E-state index in [1.54, 1.807) is 0 Å². The van der Waals surface area contributed by atoms with Gasteiger partial charge in [0.25, 0.3) is 0 Å². The first-order valence-electron chi connectivity index (χ1n) is 6.96. The predicted octanol–water partition coefficient (Wildman–Crippen LogP) is 2.35. The Kier molecular flexibility index (Phi) is 5.46. The molecule has 2 heterocycles. The Bertz CT molecular complexity index is 192. The number of hydrogen-bond acceptors (Lipinski definition) is 3. The molecule has 1 N–H and O–H groups in total. The molecule has 16 heavy (non-hydrogen) atoms. The predicted molar refractivity (Wildman–Crippen MR) is 73.2 cm³/mol. The second-order valence-electron chi connectivity index (χ2n) is 5.19. The minimum Gasteiger partial charge on any atom is -0.313 e. The quantitative estimate of drug-likeness (QED) is 0.815. The summed E-state index contributed by atoms with van der Waals surface area (Å²) in [6.45, 7) is 7.45. The van der Waals surface area contributed by atoms with Crippen LogP contribution in [0.25, 0.3) is 0 Å². The van der Waals surface area contributed by atoms with Crippen LogP contribution in [0.3, 0.4) is 0 Å². The molecule has 0 spiro atoms. The van der Waals surface area contributed by atoms with Crippen LogP contribution in [-0.2, 0) is 0 Å². The monoisotopic (exact) mass is 242 g/mol. The molecule has 0 aromatic carbocycles. The number of hydrogen-bond donors (Lipinski definition) is 1. The molecular formula is C13H26N2S. The minimum absolute atomic E-state index is 0.749. The fraction of sp³-hybridized carbons (Fsp3) is 1.00. The molecule has 94 valence electrons. The molecule has 0 amide bonds. The van der Waals surface area contributed by atoms with E-state index in [1.165, 1.54) is 64.0 Å². The molecule has 3 heteroatoms. The number of nitrogens with one attached hydrogen (secondary N) is 1. The Morgan fingerprint density at radius 2 is 2.31 bits per heavy atom. The van der Waals surface area contributed by atoms with Crippen molar-refractivity contribution in [3.05, 3.63) is 0 Å². The van der Waals surface area contributed by atoms with Crippen LogP contribution in [0.5, 0.6) is 0 Å². The lowest BCUT2D eigenvalue weighted by molar-refractivity contribution is 0.262. The van der Waals surface area contributed by atoms with Crippen molar-refractivity contribution >= 4 is 11.8 Å². The van der Waals surface area contributed by atoms with Gasteiger partial charge in [-0.25, -0.2) is 0 Å². The van der Waals surface area contributed by atoms with Gasteiger partial charge in [-0.1, -0.05) is 13.3 Å². The Labute approximate surface area is 105 Å². The summed E-state index contributed by atoms with van der Waals surface area (Å²) in [4.78, 5) is 2.71. The molecule has 2 saturated heterocycles. The fourth-order valence-electron chi connectivity index (χ4n) is 2.86. The van der Waals surface area contributed by atoms with Crippen molar-refractivity contribution in [1.82, 2.24) is 10.2 Å². The average Bonchev–Trinajstić information content (AvgIpc) is 2.67. The van der Waals surface area contributed by atoms with Gasteiger partial charge in [0, 0.05) is 24.4 Å². The van der Waals surface area contributed by atoms with Gasteiger partial charge < -0.3 is 10.2 Å². The maximum atomic E-state index is 3.69. The Balaban J connectivity index is 1.77. The van der Waals surface area contributed by atoms with Gasteiger partial charge in [0.05, 0.1) is 0 Å². The molecule has 0 saturated carbocycles. The molecule has 2 aliphatic rings. The topological polar surface area (TPSA) is 15.3 Å². The van der Waals surface area contributed by atoms with E-state index in [9.17, 15) is 0 Å². The van der Waals surface area contributed by atoms with Crippen molar-refractivity contribution in [3.8, 4) is 0 Å². The summed E-state index contributed by atoms with van der Waals surface area (Å²) in [5, 5.41) is 4.62. The zero-order valence-corrected chi connectivity index (χ0v) is 11.4. The second-order valence-corrected chi connectivity index (χ2v) is 6.60. The summed E-state index contributed by atoms with van der Waals surface area (Å²) >= 11 is 2.20. The van der Waals surface area contributed by atoms with Gasteiger partial charge in [0.1, 0.15) is 0 Å². The molecule has 2 fully saturated rings. The standard InChI is InChI=1S/C13H26N2S/c1-2-5-12-10-15(8-4-7-14-12)11-13-6-3-9-16-13/h12-14H,2-11H2,1H3. The summed E-state index contributed by atoms with van der Waals surface area (Å²) in [6, 6.07) is 0.749. The molecule has 0 aliphatic carbocycles. The molecule has 0 bridgehead atoms. The Hall–Kier alpha value is 0.270. The van der Waals surface area contributed by atoms with Gasteiger partial charge in [0.15, 0.2) is 0 Å². The molecular weight excluding hydrogens is 216 g/mol. The highest BCUT2D eigenvalue weighted by Gasteiger charge is 2.22. The maximum Gasteiger partial charge on any atom is 0.0194 e. The van der Waals surface area contributed by atoms with Crippen LogP contribution in [0.15, 0.2) is 0 Å². The van der Waals surface area contributed by atoms with Gasteiger partial charge in [0.2, 0.25) is 0 Å². The van der Waals surface area contributed by atoms with Crippen LogP contribution < -0.4 is 5.32 Å². The third-order valence-electron chi connectivity index (χ3n) is 3.69. The zero-order chi connectivity index (χ0) is 11.2. The Morgan fingerprint density at radius 3 is 3.06 bits per heavy atom. The van der Waals surface area contributed by atoms with E-state index in [0.29, 0.717) is 0 Å². The van der Waals surface area contributed by atoms with E-state index in [-0.39, 0.29) is 0 Å². The summed E-state index contributed by atoms with van der Waals surface area (Å²) in [7, 11) is 0. The molecule has 0 radical (unpaired) electrons. The molecule has 0 aromatic rings. The molecule has 2 nitrogen and oxygen atoms in total. The first kappa shape index (κ1) is 12.7. The lowest BCUT2D eigenvalue weighted by Crippen LogP contribution is -2.39. The van der Waals surface area contributed by atoms with Crippen LogP contribution >= 0.6 is 11.8 Å². The summed E-state index contributed by atoms with van der Waals surface area (Å²) in [5.74, 6) is 1.40. The van der Waals surface area contributed by atoms with Crippen molar-refractivity contribution in [1.29, 1.82) is 0 Å². The maximum absolute atomic E-state index is 3.69. The van der Waals surface area contributed by atoms with Gasteiger partial charge in [-0.2, -0.15) is 11.8 Å². The smallest absolute Gasteiger partial charge is 0.0194 e. The van der Waals surface area contributed by atoms with Gasteiger partial charge in [-0.15, -0.1) is 0 Å². The number of nitrogens with zero attached hydrogens (tertiary/aromatic N) is 1. The van der Waals surface area contributed by atoms with Gasteiger partial charge in [-0.3, -0.25) is 0 Å². The third kappa shape index (κ3) is 3.94. The van der Waals surface area contributed by atoms with E-state index in [0.717, 1.165) is 11.3 Å². The van der Waals surface area contributed by atoms with E-state index in [2.05, 4.69) is 28.9 Å². The first-order valence-corrected chi connectivity index (χ1v) is 8.00. The highest BCUT2D eigenvalue weighted by Crippen LogP contribution is 2.27. The van der Waals surface area contributed by atoms with Crippen molar-refractivity contribution in [2.75, 3.05) is 31.9 Å². The third-order valence-corrected chi connectivity index (χ3v) is 5.07. The van der Waals surface area contributed by atoms with Crippen molar-refractivity contribution in [3.63, 3.8) is 0 Å². The van der Waals surface area contributed by atoms with E-state index in [1.807, 2.05) is 0 Å². The first-order chi connectivity index (χ1) is 7.88. The molecule has 2 atom stereocenters. The van der Waals surface area contributed by atoms with Crippen molar-refractivity contribution in [2.24, 2.45) is 0 Å².